The van der Waals surface area contributed by atoms with Gasteiger partial charge in [-0.15, -0.1) is 0 Å². The number of ether oxygens (including phenoxy) is 2. The lowest BCUT2D eigenvalue weighted by Gasteiger charge is -2.20. The van der Waals surface area contributed by atoms with Gasteiger partial charge in [0, 0.05) is 4.47 Å². The highest BCUT2D eigenvalue weighted by Gasteiger charge is 2.19. The Balaban J connectivity index is 1.97. The van der Waals surface area contributed by atoms with Crippen LogP contribution in [0.4, 0.5) is 0 Å². The number of halogens is 1. The van der Waals surface area contributed by atoms with Crippen LogP contribution in [0, 0.1) is 0 Å². The summed E-state index contributed by atoms with van der Waals surface area (Å²) in [6.07, 6.45) is -0.0695. The average molecular weight is 283 g/mol. The lowest BCUT2D eigenvalue weighted by molar-refractivity contribution is -0.0931. The van der Waals surface area contributed by atoms with Gasteiger partial charge in [0.2, 0.25) is 0 Å². The van der Waals surface area contributed by atoms with E-state index in [1.54, 1.807) is 0 Å². The van der Waals surface area contributed by atoms with Crippen molar-refractivity contribution in [1.29, 1.82) is 0 Å². The van der Waals surface area contributed by atoms with Crippen molar-refractivity contribution in [2.45, 2.75) is 6.10 Å². The molecule has 0 spiro atoms. The zero-order chi connectivity index (χ0) is 11.0. The number of rotatable bonds is 1. The molecule has 5 heteroatoms. The van der Waals surface area contributed by atoms with Crippen molar-refractivity contribution < 1.29 is 9.47 Å². The molecule has 1 N–H and O–H groups in total. The number of nitrogens with one attached hydrogen (secondary N) is 1. The molecule has 1 unspecified atom stereocenters. The molecule has 0 aliphatic carbocycles. The standard InChI is InChI=1S/C11H11BrN2O2/c12-7-1-2-8-9(5-7)14-11(13-8)10-6-15-3-4-16-10/h1-2,5,10H,3-4,6H2,(H,13,14). The van der Waals surface area contributed by atoms with Crippen LogP contribution in [0.1, 0.15) is 11.9 Å². The quantitative estimate of drug-likeness (QED) is 0.874. The first-order valence-corrected chi connectivity index (χ1v) is 5.97. The summed E-state index contributed by atoms with van der Waals surface area (Å²) in [5, 5.41) is 0. The lowest BCUT2D eigenvalue weighted by atomic mass is 10.3. The first kappa shape index (κ1) is 10.3. The first-order chi connectivity index (χ1) is 7.83. The normalized spacial score (nSPS) is 21.4. The number of hydrogen-bond donors (Lipinski definition) is 1. The first-order valence-electron chi connectivity index (χ1n) is 5.17. The number of fused-ring (bicyclic) bond motifs is 1. The molecule has 1 aromatic heterocycles. The second-order valence-corrected chi connectivity index (χ2v) is 4.63. The van der Waals surface area contributed by atoms with Crippen molar-refractivity contribution in [3.63, 3.8) is 0 Å². The van der Waals surface area contributed by atoms with Gasteiger partial charge >= 0.3 is 0 Å². The molecular weight excluding hydrogens is 272 g/mol. The third-order valence-corrected chi connectivity index (χ3v) is 3.08. The molecular formula is C11H11BrN2O2. The minimum Gasteiger partial charge on any atom is -0.376 e. The van der Waals surface area contributed by atoms with E-state index < -0.39 is 0 Å². The molecule has 1 aliphatic rings. The van der Waals surface area contributed by atoms with E-state index in [1.165, 1.54) is 0 Å². The molecule has 1 aliphatic heterocycles. The smallest absolute Gasteiger partial charge is 0.138 e. The van der Waals surface area contributed by atoms with E-state index in [1.807, 2.05) is 18.2 Å². The summed E-state index contributed by atoms with van der Waals surface area (Å²) in [6.45, 7) is 1.87. The van der Waals surface area contributed by atoms with Gasteiger partial charge in [-0.1, -0.05) is 15.9 Å². The highest BCUT2D eigenvalue weighted by Crippen LogP contribution is 2.23. The number of imidazole rings is 1. The van der Waals surface area contributed by atoms with Gasteiger partial charge in [0.1, 0.15) is 11.9 Å². The maximum Gasteiger partial charge on any atom is 0.138 e. The van der Waals surface area contributed by atoms with Gasteiger partial charge in [-0.25, -0.2) is 4.98 Å². The van der Waals surface area contributed by atoms with Crippen LogP contribution in [-0.4, -0.2) is 29.8 Å². The van der Waals surface area contributed by atoms with Gasteiger partial charge in [0.05, 0.1) is 30.9 Å². The van der Waals surface area contributed by atoms with E-state index >= 15 is 0 Å². The van der Waals surface area contributed by atoms with Gasteiger partial charge in [0.25, 0.3) is 0 Å². The summed E-state index contributed by atoms with van der Waals surface area (Å²) in [7, 11) is 0. The SMILES string of the molecule is Brc1ccc2nc(C3COCCO3)[nH]c2c1. The Kier molecular flexibility index (Phi) is 2.67. The van der Waals surface area contributed by atoms with Crippen LogP contribution < -0.4 is 0 Å². The Morgan fingerprint density at radius 3 is 3.12 bits per heavy atom. The van der Waals surface area contributed by atoms with Gasteiger partial charge in [-0.05, 0) is 18.2 Å². The second kappa shape index (κ2) is 4.16. The molecule has 1 aromatic carbocycles. The van der Waals surface area contributed by atoms with Crippen molar-refractivity contribution >= 4 is 27.0 Å². The molecule has 1 atom stereocenters. The van der Waals surface area contributed by atoms with Crippen molar-refractivity contribution in [3.05, 3.63) is 28.5 Å². The molecule has 1 fully saturated rings. The predicted octanol–water partition coefficient (Wildman–Crippen LogP) is 2.41. The van der Waals surface area contributed by atoms with E-state index in [9.17, 15) is 0 Å². The molecule has 2 aromatic rings. The predicted molar refractivity (Wildman–Crippen MR) is 63.3 cm³/mol. The number of benzene rings is 1. The molecule has 4 nitrogen and oxygen atoms in total. The van der Waals surface area contributed by atoms with Crippen LogP contribution in [0.3, 0.4) is 0 Å². The second-order valence-electron chi connectivity index (χ2n) is 3.72. The van der Waals surface area contributed by atoms with Gasteiger partial charge in [-0.3, -0.25) is 0 Å². The maximum atomic E-state index is 5.59. The molecule has 1 saturated heterocycles. The van der Waals surface area contributed by atoms with Crippen LogP contribution in [0.5, 0.6) is 0 Å². The highest BCUT2D eigenvalue weighted by molar-refractivity contribution is 9.10. The molecule has 16 heavy (non-hydrogen) atoms. The minimum atomic E-state index is -0.0695. The van der Waals surface area contributed by atoms with Gasteiger partial charge in [0.15, 0.2) is 0 Å². The minimum absolute atomic E-state index is 0.0695. The van der Waals surface area contributed by atoms with E-state index in [-0.39, 0.29) is 6.10 Å². The van der Waals surface area contributed by atoms with Crippen LogP contribution in [-0.2, 0) is 9.47 Å². The van der Waals surface area contributed by atoms with Crippen molar-refractivity contribution in [2.24, 2.45) is 0 Å². The van der Waals surface area contributed by atoms with Gasteiger partial charge in [-0.2, -0.15) is 0 Å². The van der Waals surface area contributed by atoms with E-state index in [2.05, 4.69) is 25.9 Å². The molecule has 0 radical (unpaired) electrons. The Labute approximate surface area is 101 Å². The Bertz CT molecular complexity index is 506. The molecule has 0 amide bonds. The fourth-order valence-corrected chi connectivity index (χ4v) is 2.16. The van der Waals surface area contributed by atoms with Crippen LogP contribution in [0.25, 0.3) is 11.0 Å². The summed E-state index contributed by atoms with van der Waals surface area (Å²) in [5.74, 6) is 0.841. The average Bonchev–Trinajstić information content (AvgIpc) is 2.73. The van der Waals surface area contributed by atoms with Crippen molar-refractivity contribution in [3.8, 4) is 0 Å². The van der Waals surface area contributed by atoms with Gasteiger partial charge < -0.3 is 14.5 Å². The van der Waals surface area contributed by atoms with Crippen molar-refractivity contribution in [2.75, 3.05) is 19.8 Å². The lowest BCUT2D eigenvalue weighted by Crippen LogP contribution is -2.22. The number of aromatic nitrogens is 2. The highest BCUT2D eigenvalue weighted by atomic mass is 79.9. The third kappa shape index (κ3) is 1.86. The summed E-state index contributed by atoms with van der Waals surface area (Å²) in [6, 6.07) is 5.96. The number of nitrogens with zero attached hydrogens (tertiary/aromatic N) is 1. The van der Waals surface area contributed by atoms with Crippen molar-refractivity contribution in [1.82, 2.24) is 9.97 Å². The fraction of sp³-hybridized carbons (Fsp3) is 0.364. The Morgan fingerprint density at radius 2 is 2.31 bits per heavy atom. The van der Waals surface area contributed by atoms with E-state index in [4.69, 9.17) is 9.47 Å². The molecule has 2 heterocycles. The fourth-order valence-electron chi connectivity index (χ4n) is 1.80. The summed E-state index contributed by atoms with van der Waals surface area (Å²) < 4.78 is 12.0. The van der Waals surface area contributed by atoms with E-state index in [0.717, 1.165) is 21.3 Å². The molecule has 3 rings (SSSR count). The Morgan fingerprint density at radius 1 is 1.38 bits per heavy atom. The molecule has 0 saturated carbocycles. The monoisotopic (exact) mass is 282 g/mol. The number of H-pyrrole nitrogens is 1. The third-order valence-electron chi connectivity index (χ3n) is 2.58. The van der Waals surface area contributed by atoms with Crippen LogP contribution in [0.15, 0.2) is 22.7 Å². The summed E-state index contributed by atoms with van der Waals surface area (Å²) >= 11 is 3.43. The zero-order valence-electron chi connectivity index (χ0n) is 8.57. The molecule has 84 valence electrons. The summed E-state index contributed by atoms with van der Waals surface area (Å²) in [5.41, 5.74) is 1.96. The van der Waals surface area contributed by atoms with E-state index in [0.29, 0.717) is 19.8 Å². The number of hydrogen-bond acceptors (Lipinski definition) is 3. The van der Waals surface area contributed by atoms with Crippen LogP contribution in [0.2, 0.25) is 0 Å². The topological polar surface area (TPSA) is 47.1 Å². The van der Waals surface area contributed by atoms with Crippen LogP contribution >= 0.6 is 15.9 Å². The summed E-state index contributed by atoms with van der Waals surface area (Å²) in [4.78, 5) is 7.76. The molecule has 0 bridgehead atoms. The number of aromatic amines is 1. The Hall–Kier alpha value is -0.910. The zero-order valence-corrected chi connectivity index (χ0v) is 10.2. The largest absolute Gasteiger partial charge is 0.376 e. The maximum absolute atomic E-state index is 5.59.